The highest BCUT2D eigenvalue weighted by molar-refractivity contribution is 6.33. The molecule has 0 bridgehead atoms. The van der Waals surface area contributed by atoms with Gasteiger partial charge in [0.1, 0.15) is 28.8 Å². The fourth-order valence-corrected chi connectivity index (χ4v) is 2.90. The van der Waals surface area contributed by atoms with Crippen molar-refractivity contribution in [1.29, 1.82) is 0 Å². The number of aromatic nitrogens is 4. The van der Waals surface area contributed by atoms with Crippen molar-refractivity contribution in [2.24, 2.45) is 0 Å². The van der Waals surface area contributed by atoms with Crippen LogP contribution in [0.1, 0.15) is 5.82 Å². The molecular formula is C18H11ClF2N4. The molecule has 0 aliphatic carbocycles. The van der Waals surface area contributed by atoms with Crippen molar-refractivity contribution in [3.05, 3.63) is 71.1 Å². The highest BCUT2D eigenvalue weighted by Crippen LogP contribution is 2.30. The minimum atomic E-state index is -0.347. The minimum absolute atomic E-state index is 0.228. The lowest BCUT2D eigenvalue weighted by Gasteiger charge is -2.09. The first-order valence-electron chi connectivity index (χ1n) is 7.47. The summed E-state index contributed by atoms with van der Waals surface area (Å²) < 4.78 is 28.4. The summed E-state index contributed by atoms with van der Waals surface area (Å²) in [5, 5.41) is 0.228. The van der Waals surface area contributed by atoms with E-state index in [0.717, 1.165) is 0 Å². The Bertz CT molecular complexity index is 1070. The van der Waals surface area contributed by atoms with Gasteiger partial charge in [0, 0.05) is 11.3 Å². The van der Waals surface area contributed by atoms with Crippen LogP contribution >= 0.6 is 11.6 Å². The average Bonchev–Trinajstić information content (AvgIpc) is 2.96. The monoisotopic (exact) mass is 356 g/mol. The summed E-state index contributed by atoms with van der Waals surface area (Å²) >= 11 is 6.23. The predicted octanol–water partition coefficient (Wildman–Crippen LogP) is 4.72. The number of rotatable bonds is 2. The molecule has 0 saturated carbocycles. The van der Waals surface area contributed by atoms with Crippen molar-refractivity contribution in [3.63, 3.8) is 0 Å². The molecule has 0 N–H and O–H groups in total. The van der Waals surface area contributed by atoms with Crippen molar-refractivity contribution >= 4 is 22.8 Å². The molecule has 2 heterocycles. The SMILES string of the molecule is Cc1nc(Cl)c2nc(-c3ccc(F)cc3)n(-c3ccc(F)cc3)c2n1. The normalized spacial score (nSPS) is 11.2. The van der Waals surface area contributed by atoms with Crippen LogP contribution in [0.15, 0.2) is 48.5 Å². The number of hydrogen-bond donors (Lipinski definition) is 0. The zero-order valence-electron chi connectivity index (χ0n) is 13.0. The molecule has 4 rings (SSSR count). The van der Waals surface area contributed by atoms with E-state index in [1.165, 1.54) is 24.3 Å². The van der Waals surface area contributed by atoms with E-state index in [9.17, 15) is 8.78 Å². The van der Waals surface area contributed by atoms with Crippen LogP contribution in [0, 0.1) is 18.6 Å². The summed E-state index contributed by atoms with van der Waals surface area (Å²) in [5.41, 5.74) is 2.27. The van der Waals surface area contributed by atoms with Gasteiger partial charge in [0.15, 0.2) is 10.8 Å². The maximum absolute atomic E-state index is 13.3. The molecule has 0 aliphatic rings. The van der Waals surface area contributed by atoms with Gasteiger partial charge in [-0.05, 0) is 55.5 Å². The second kappa shape index (κ2) is 5.89. The fourth-order valence-electron chi connectivity index (χ4n) is 2.65. The molecule has 7 heteroatoms. The van der Waals surface area contributed by atoms with Crippen LogP contribution in [0.2, 0.25) is 5.15 Å². The number of halogens is 3. The van der Waals surface area contributed by atoms with Crippen LogP contribution in [0.5, 0.6) is 0 Å². The predicted molar refractivity (Wildman–Crippen MR) is 91.8 cm³/mol. The Morgan fingerprint density at radius 2 is 1.44 bits per heavy atom. The van der Waals surface area contributed by atoms with Crippen LogP contribution < -0.4 is 0 Å². The first-order chi connectivity index (χ1) is 12.0. The lowest BCUT2D eigenvalue weighted by atomic mass is 10.2. The van der Waals surface area contributed by atoms with Gasteiger partial charge < -0.3 is 0 Å². The first kappa shape index (κ1) is 15.7. The minimum Gasteiger partial charge on any atom is -0.277 e. The second-order valence-corrected chi connectivity index (χ2v) is 5.85. The van der Waals surface area contributed by atoms with Crippen LogP contribution in [0.3, 0.4) is 0 Å². The van der Waals surface area contributed by atoms with Crippen LogP contribution in [0.4, 0.5) is 8.78 Å². The molecule has 25 heavy (non-hydrogen) atoms. The van der Waals surface area contributed by atoms with Gasteiger partial charge in [-0.25, -0.2) is 23.7 Å². The van der Waals surface area contributed by atoms with E-state index in [1.807, 2.05) is 0 Å². The first-order valence-corrected chi connectivity index (χ1v) is 7.85. The molecule has 0 saturated heterocycles. The van der Waals surface area contributed by atoms with E-state index >= 15 is 0 Å². The van der Waals surface area contributed by atoms with Gasteiger partial charge in [-0.15, -0.1) is 0 Å². The Labute approximate surface area is 146 Å². The Morgan fingerprint density at radius 1 is 0.840 bits per heavy atom. The van der Waals surface area contributed by atoms with Crippen molar-refractivity contribution in [3.8, 4) is 17.1 Å². The van der Waals surface area contributed by atoms with Crippen LogP contribution in [-0.4, -0.2) is 19.5 Å². The molecule has 124 valence electrons. The number of nitrogens with zero attached hydrogens (tertiary/aromatic N) is 4. The van der Waals surface area contributed by atoms with Gasteiger partial charge in [0.05, 0.1) is 0 Å². The number of benzene rings is 2. The molecule has 4 nitrogen and oxygen atoms in total. The smallest absolute Gasteiger partial charge is 0.170 e. The Balaban J connectivity index is 2.07. The zero-order valence-corrected chi connectivity index (χ0v) is 13.8. The lowest BCUT2D eigenvalue weighted by Crippen LogP contribution is -2.00. The van der Waals surface area contributed by atoms with E-state index in [0.29, 0.717) is 34.1 Å². The van der Waals surface area contributed by atoms with E-state index in [1.54, 1.807) is 35.8 Å². The molecule has 2 aromatic carbocycles. The van der Waals surface area contributed by atoms with E-state index in [4.69, 9.17) is 11.6 Å². The molecular weight excluding hydrogens is 346 g/mol. The van der Waals surface area contributed by atoms with E-state index in [2.05, 4.69) is 15.0 Å². The summed E-state index contributed by atoms with van der Waals surface area (Å²) in [6, 6.07) is 11.9. The van der Waals surface area contributed by atoms with E-state index < -0.39 is 0 Å². The summed E-state index contributed by atoms with van der Waals surface area (Å²) in [6.45, 7) is 1.73. The molecule has 2 aromatic heterocycles. The van der Waals surface area contributed by atoms with Gasteiger partial charge in [-0.3, -0.25) is 4.57 Å². The zero-order chi connectivity index (χ0) is 17.6. The average molecular weight is 357 g/mol. The van der Waals surface area contributed by atoms with Crippen molar-refractivity contribution in [2.45, 2.75) is 6.92 Å². The number of hydrogen-bond acceptors (Lipinski definition) is 3. The summed E-state index contributed by atoms with van der Waals surface area (Å²) in [6.07, 6.45) is 0. The molecule has 4 aromatic rings. The van der Waals surface area contributed by atoms with Crippen molar-refractivity contribution in [2.75, 3.05) is 0 Å². The van der Waals surface area contributed by atoms with E-state index in [-0.39, 0.29) is 16.8 Å². The quantitative estimate of drug-likeness (QED) is 0.488. The molecule has 0 radical (unpaired) electrons. The van der Waals surface area contributed by atoms with Crippen LogP contribution in [0.25, 0.3) is 28.2 Å². The van der Waals surface area contributed by atoms with Crippen molar-refractivity contribution in [1.82, 2.24) is 19.5 Å². The molecule has 0 spiro atoms. The topological polar surface area (TPSA) is 43.6 Å². The fraction of sp³-hybridized carbons (Fsp3) is 0.0556. The molecule has 0 atom stereocenters. The third-order valence-corrected chi connectivity index (χ3v) is 4.03. The van der Waals surface area contributed by atoms with Gasteiger partial charge in [-0.1, -0.05) is 11.6 Å². The van der Waals surface area contributed by atoms with Gasteiger partial charge in [0.2, 0.25) is 0 Å². The molecule has 0 amide bonds. The molecule has 0 unspecified atom stereocenters. The summed E-state index contributed by atoms with van der Waals surface area (Å²) in [4.78, 5) is 13.1. The summed E-state index contributed by atoms with van der Waals surface area (Å²) in [7, 11) is 0. The van der Waals surface area contributed by atoms with Gasteiger partial charge in [-0.2, -0.15) is 0 Å². The number of aryl methyl sites for hydroxylation is 1. The third-order valence-electron chi connectivity index (χ3n) is 3.76. The Kier molecular flexibility index (Phi) is 3.69. The Hall–Kier alpha value is -2.86. The number of fused-ring (bicyclic) bond motifs is 1. The third kappa shape index (κ3) is 2.74. The van der Waals surface area contributed by atoms with Gasteiger partial charge in [0.25, 0.3) is 0 Å². The number of imidazole rings is 1. The lowest BCUT2D eigenvalue weighted by molar-refractivity contribution is 0.627. The largest absolute Gasteiger partial charge is 0.277 e. The molecule has 0 fully saturated rings. The highest BCUT2D eigenvalue weighted by atomic mass is 35.5. The van der Waals surface area contributed by atoms with Crippen LogP contribution in [-0.2, 0) is 0 Å². The van der Waals surface area contributed by atoms with Crippen molar-refractivity contribution < 1.29 is 8.78 Å². The summed E-state index contributed by atoms with van der Waals surface area (Å²) in [5.74, 6) is 0.317. The maximum Gasteiger partial charge on any atom is 0.170 e. The second-order valence-electron chi connectivity index (χ2n) is 5.49. The molecule has 0 aliphatic heterocycles. The standard InChI is InChI=1S/C18H11ClF2N4/c1-10-22-16(19)15-18(23-10)25(14-8-6-13(21)7-9-14)17(24-15)11-2-4-12(20)5-3-11/h2-9H,1H3. The Morgan fingerprint density at radius 3 is 2.08 bits per heavy atom. The van der Waals surface area contributed by atoms with Gasteiger partial charge >= 0.3 is 0 Å². The maximum atomic E-state index is 13.3. The highest BCUT2D eigenvalue weighted by Gasteiger charge is 2.19.